The van der Waals surface area contributed by atoms with Crippen LogP contribution >= 0.6 is 27.7 Å². The van der Waals surface area contributed by atoms with Crippen molar-refractivity contribution in [3.8, 4) is 11.1 Å². The van der Waals surface area contributed by atoms with E-state index in [1.807, 2.05) is 6.07 Å². The Morgan fingerprint density at radius 1 is 1.10 bits per heavy atom. The highest BCUT2D eigenvalue weighted by molar-refractivity contribution is 9.10. The van der Waals surface area contributed by atoms with Crippen LogP contribution in [-0.2, 0) is 17.5 Å². The van der Waals surface area contributed by atoms with Gasteiger partial charge in [-0.25, -0.2) is 23.2 Å². The molecule has 3 atom stereocenters. The molecule has 1 fully saturated rings. The smallest absolute Gasteiger partial charge is 0.352 e. The molecule has 2 aliphatic heterocycles. The maximum atomic E-state index is 15.6. The molecule has 9 nitrogen and oxygen atoms in total. The summed E-state index contributed by atoms with van der Waals surface area (Å²) in [5.74, 6) is -2.31. The van der Waals surface area contributed by atoms with Crippen molar-refractivity contribution in [1.29, 1.82) is 0 Å². The number of benzene rings is 2. The van der Waals surface area contributed by atoms with Gasteiger partial charge in [0, 0.05) is 70.0 Å². The van der Waals surface area contributed by atoms with Gasteiger partial charge >= 0.3 is 11.9 Å². The van der Waals surface area contributed by atoms with Crippen LogP contribution in [-0.4, -0.2) is 66.0 Å². The fourth-order valence-electron chi connectivity index (χ4n) is 6.92. The quantitative estimate of drug-likeness (QED) is 0.113. The first kappa shape index (κ1) is 33.2. The van der Waals surface area contributed by atoms with Crippen molar-refractivity contribution >= 4 is 61.4 Å². The molecule has 7 rings (SSSR count). The van der Waals surface area contributed by atoms with Gasteiger partial charge in [-0.05, 0) is 60.1 Å². The van der Waals surface area contributed by atoms with Gasteiger partial charge in [0.05, 0.1) is 34.3 Å². The Hall–Kier alpha value is -4.31. The van der Waals surface area contributed by atoms with Crippen LogP contribution in [0.15, 0.2) is 69.5 Å². The summed E-state index contributed by atoms with van der Waals surface area (Å²) in [6.07, 6.45) is -0.583. The fraction of sp³-hybridized carbons (Fsp3) is 0.303. The maximum Gasteiger partial charge on any atom is 0.417 e. The third-order valence-corrected chi connectivity index (χ3v) is 10.8. The number of nitrogens with zero attached hydrogens (tertiary/aromatic N) is 7. The Morgan fingerprint density at radius 2 is 1.84 bits per heavy atom. The van der Waals surface area contributed by atoms with Gasteiger partial charge in [-0.3, -0.25) is 9.36 Å². The number of halogens is 6. The molecular formula is C33H27BrF5N7O2S. The van der Waals surface area contributed by atoms with Crippen molar-refractivity contribution in [2.24, 2.45) is 0 Å². The molecule has 254 valence electrons. The van der Waals surface area contributed by atoms with Gasteiger partial charge in [0.1, 0.15) is 17.5 Å². The van der Waals surface area contributed by atoms with Gasteiger partial charge in [0.2, 0.25) is 5.91 Å². The monoisotopic (exact) mass is 759 g/mol. The summed E-state index contributed by atoms with van der Waals surface area (Å²) in [5.41, 5.74) is -2.23. The first-order valence-electron chi connectivity index (χ1n) is 15.2. The summed E-state index contributed by atoms with van der Waals surface area (Å²) in [4.78, 5) is 38.8. The molecule has 16 heteroatoms. The van der Waals surface area contributed by atoms with Crippen molar-refractivity contribution in [2.75, 3.05) is 23.7 Å². The molecule has 2 aromatic carbocycles. The van der Waals surface area contributed by atoms with Crippen LogP contribution in [0.1, 0.15) is 25.5 Å². The van der Waals surface area contributed by atoms with Crippen LogP contribution in [0.2, 0.25) is 0 Å². The third-order valence-electron chi connectivity index (χ3n) is 8.95. The van der Waals surface area contributed by atoms with Crippen LogP contribution in [0.25, 0.3) is 33.1 Å². The van der Waals surface area contributed by atoms with Crippen LogP contribution < -0.4 is 10.6 Å². The van der Waals surface area contributed by atoms with Gasteiger partial charge in [0.25, 0.3) is 0 Å². The van der Waals surface area contributed by atoms with Crippen molar-refractivity contribution in [3.63, 3.8) is 0 Å². The van der Waals surface area contributed by atoms with Crippen molar-refractivity contribution in [2.45, 2.75) is 49.6 Å². The van der Waals surface area contributed by atoms with Crippen molar-refractivity contribution in [1.82, 2.24) is 29.2 Å². The molecule has 0 spiro atoms. The molecule has 0 saturated carbocycles. The lowest BCUT2D eigenvalue weighted by molar-refractivity contribution is -0.137. The minimum atomic E-state index is -4.99. The highest BCUT2D eigenvalue weighted by Gasteiger charge is 2.40. The van der Waals surface area contributed by atoms with Crippen LogP contribution in [0.4, 0.5) is 27.8 Å². The maximum absolute atomic E-state index is 15.6. The number of pyridine rings is 1. The second-order valence-corrected chi connectivity index (χ2v) is 14.0. The molecule has 0 unspecified atom stereocenters. The Bertz CT molecular complexity index is 2230. The third kappa shape index (κ3) is 5.58. The molecule has 0 radical (unpaired) electrons. The number of piperazine rings is 1. The predicted molar refractivity (Wildman–Crippen MR) is 180 cm³/mol. The molecule has 49 heavy (non-hydrogen) atoms. The first-order chi connectivity index (χ1) is 23.3. The molecule has 0 N–H and O–H groups in total. The number of hydrogen-bond acceptors (Lipinski definition) is 7. The highest BCUT2D eigenvalue weighted by Crippen LogP contribution is 2.50. The molecule has 3 aromatic heterocycles. The molecule has 5 aromatic rings. The lowest BCUT2D eigenvalue weighted by Crippen LogP contribution is -2.58. The van der Waals surface area contributed by atoms with E-state index in [9.17, 15) is 14.0 Å². The largest absolute Gasteiger partial charge is 0.417 e. The molecule has 2 aliphatic rings. The van der Waals surface area contributed by atoms with E-state index in [0.717, 1.165) is 29.3 Å². The Morgan fingerprint density at radius 3 is 2.53 bits per heavy atom. The number of amides is 1. The van der Waals surface area contributed by atoms with Gasteiger partial charge < -0.3 is 9.80 Å². The van der Waals surface area contributed by atoms with Crippen LogP contribution in [0, 0.1) is 11.6 Å². The number of hydrogen-bond donors (Lipinski definition) is 0. The molecule has 0 aliphatic carbocycles. The van der Waals surface area contributed by atoms with Crippen LogP contribution in [0.3, 0.4) is 0 Å². The topological polar surface area (TPSA) is 89.2 Å². The van der Waals surface area contributed by atoms with E-state index in [4.69, 9.17) is 0 Å². The number of anilines is 1. The summed E-state index contributed by atoms with van der Waals surface area (Å²) >= 11 is 4.03. The second kappa shape index (κ2) is 12.2. The van der Waals surface area contributed by atoms with Gasteiger partial charge in [-0.15, -0.1) is 11.8 Å². The predicted octanol–water partition coefficient (Wildman–Crippen LogP) is 6.83. The average Bonchev–Trinajstić information content (AvgIpc) is 3.37. The minimum absolute atomic E-state index is 0.00327. The Balaban J connectivity index is 1.51. The number of rotatable bonds is 4. The van der Waals surface area contributed by atoms with Gasteiger partial charge in [-0.2, -0.15) is 23.3 Å². The highest BCUT2D eigenvalue weighted by atomic mass is 79.9. The number of thioether (sulfide) groups is 1. The van der Waals surface area contributed by atoms with E-state index in [1.54, 1.807) is 46.8 Å². The van der Waals surface area contributed by atoms with E-state index in [-0.39, 0.29) is 57.4 Å². The van der Waals surface area contributed by atoms with E-state index in [1.165, 1.54) is 10.6 Å². The SMILES string of the molecule is C=CC(=O)N1[C@H](C)CN(c2nc(=O)n3c4c(c(-c5cc(Br)c(F)cc5F)c(C(F)(F)F)cc24)SC[C@@H](n2ncc4cccnc42)C3)C[C@@H]1C. The van der Waals surface area contributed by atoms with E-state index in [2.05, 4.69) is 37.6 Å². The van der Waals surface area contributed by atoms with E-state index < -0.39 is 58.3 Å². The molecular weight excluding hydrogens is 733 g/mol. The van der Waals surface area contributed by atoms with Gasteiger partial charge in [0.15, 0.2) is 5.65 Å². The number of carbonyl (C=O) groups is 1. The molecule has 0 bridgehead atoms. The lowest BCUT2D eigenvalue weighted by Gasteiger charge is -2.44. The van der Waals surface area contributed by atoms with Crippen molar-refractivity contribution in [3.05, 3.63) is 87.5 Å². The first-order valence-corrected chi connectivity index (χ1v) is 17.0. The fourth-order valence-corrected chi connectivity index (χ4v) is 8.59. The number of aromatic nitrogens is 5. The normalized spacial score (nSPS) is 19.8. The minimum Gasteiger partial charge on any atom is -0.352 e. The number of fused-ring (bicyclic) bond motifs is 1. The zero-order valence-electron chi connectivity index (χ0n) is 26.0. The average molecular weight is 761 g/mol. The van der Waals surface area contributed by atoms with Crippen LogP contribution in [0.5, 0.6) is 0 Å². The summed E-state index contributed by atoms with van der Waals surface area (Å²) in [5, 5.41) is 5.26. The lowest BCUT2D eigenvalue weighted by atomic mass is 9.95. The molecule has 1 amide bonds. The Labute approximate surface area is 288 Å². The molecule has 5 heterocycles. The standard InChI is InChI=1S/C33H27BrF5N7O2S/c1-4-26(47)45-16(2)12-43(13-17(45)3)31-21-8-22(33(37,38)39)27(20-9-23(34)25(36)10-24(20)35)29-28(21)44(32(48)42-31)14-19(15-49-29)46-30-18(11-41-46)6-5-7-40-30/h4-11,16-17,19H,1,12-15H2,2-3H3/t16-,17+,19-/m0/s1. The number of carbonyl (C=O) groups excluding carboxylic acids is 1. The zero-order chi connectivity index (χ0) is 34.9. The summed E-state index contributed by atoms with van der Waals surface area (Å²) in [6, 6.07) is 4.61. The van der Waals surface area contributed by atoms with E-state index >= 15 is 17.6 Å². The Kier molecular flexibility index (Phi) is 8.29. The molecule has 1 saturated heterocycles. The summed E-state index contributed by atoms with van der Waals surface area (Å²) in [6.45, 7) is 7.49. The second-order valence-electron chi connectivity index (χ2n) is 12.1. The van der Waals surface area contributed by atoms with Gasteiger partial charge in [-0.1, -0.05) is 6.58 Å². The summed E-state index contributed by atoms with van der Waals surface area (Å²) in [7, 11) is 0. The number of alkyl halides is 3. The van der Waals surface area contributed by atoms with Crippen molar-refractivity contribution < 1.29 is 26.7 Å². The van der Waals surface area contributed by atoms with E-state index in [0.29, 0.717) is 11.7 Å². The summed E-state index contributed by atoms with van der Waals surface area (Å²) < 4.78 is 78.1. The zero-order valence-corrected chi connectivity index (χ0v) is 28.4.